The lowest BCUT2D eigenvalue weighted by atomic mass is 10.1. The topological polar surface area (TPSA) is 81.3 Å². The van der Waals surface area contributed by atoms with Crippen molar-refractivity contribution in [2.75, 3.05) is 6.61 Å². The molecule has 102 valence electrons. The predicted octanol–water partition coefficient (Wildman–Crippen LogP) is 1.63. The van der Waals surface area contributed by atoms with Crippen molar-refractivity contribution in [3.63, 3.8) is 0 Å². The molecule has 0 aliphatic rings. The molecule has 2 aromatic rings. The molecule has 5 nitrogen and oxygen atoms in total. The third kappa shape index (κ3) is 4.14. The molecule has 7 heteroatoms. The van der Waals surface area contributed by atoms with Crippen LogP contribution in [0.1, 0.15) is 11.3 Å². The number of aromatic nitrogens is 2. The Morgan fingerprint density at radius 3 is 2.68 bits per heavy atom. The number of nitrogens with two attached hydrogens (primary N) is 1. The van der Waals surface area contributed by atoms with Crippen molar-refractivity contribution < 1.29 is 9.84 Å². The molecule has 0 bridgehead atoms. The Morgan fingerprint density at radius 2 is 2.11 bits per heavy atom. The third-order valence-electron chi connectivity index (χ3n) is 2.54. The highest BCUT2D eigenvalue weighted by atomic mass is 35.5. The Balaban J connectivity index is 1.90. The average Bonchev–Trinajstić information content (AvgIpc) is 2.83. The lowest BCUT2D eigenvalue weighted by Crippen LogP contribution is -2.26. The minimum Gasteiger partial charge on any atom is -0.487 e. The van der Waals surface area contributed by atoms with Crippen molar-refractivity contribution in [2.45, 2.75) is 19.1 Å². The Kier molecular flexibility index (Phi) is 5.09. The number of aliphatic hydroxyl groups is 1. The highest BCUT2D eigenvalue weighted by Crippen LogP contribution is 2.20. The molecule has 0 amide bonds. The monoisotopic (exact) mass is 299 g/mol. The molecule has 1 aromatic carbocycles. The highest BCUT2D eigenvalue weighted by Gasteiger charge is 2.06. The van der Waals surface area contributed by atoms with Crippen LogP contribution in [0, 0.1) is 0 Å². The Bertz CT molecular complexity index is 518. The number of ether oxygens (including phenoxy) is 1. The van der Waals surface area contributed by atoms with Gasteiger partial charge in [0.15, 0.2) is 0 Å². The summed E-state index contributed by atoms with van der Waals surface area (Å²) >= 11 is 7.02. The van der Waals surface area contributed by atoms with E-state index in [4.69, 9.17) is 27.2 Å². The molecule has 1 aromatic heterocycles. The first-order chi connectivity index (χ1) is 9.19. The highest BCUT2D eigenvalue weighted by molar-refractivity contribution is 7.10. The second kappa shape index (κ2) is 6.81. The molecular formula is C12H14ClN3O2S. The summed E-state index contributed by atoms with van der Waals surface area (Å²) in [7, 11) is 0. The lowest BCUT2D eigenvalue weighted by molar-refractivity contribution is 0.265. The molecule has 0 fully saturated rings. The molecule has 0 aliphatic carbocycles. The van der Waals surface area contributed by atoms with Gasteiger partial charge in [-0.15, -0.1) is 5.10 Å². The van der Waals surface area contributed by atoms with Crippen molar-refractivity contribution in [1.82, 2.24) is 9.59 Å². The molecule has 0 aliphatic heterocycles. The van der Waals surface area contributed by atoms with E-state index in [1.807, 2.05) is 24.3 Å². The van der Waals surface area contributed by atoms with Crippen LogP contribution in [0.2, 0.25) is 4.34 Å². The van der Waals surface area contributed by atoms with Crippen LogP contribution in [0.4, 0.5) is 0 Å². The number of rotatable bonds is 6. The number of aliphatic hydroxyl groups excluding tert-OH is 1. The summed E-state index contributed by atoms with van der Waals surface area (Å²) in [4.78, 5) is 0. The zero-order valence-corrected chi connectivity index (χ0v) is 11.7. The van der Waals surface area contributed by atoms with Gasteiger partial charge in [0, 0.05) is 17.6 Å². The summed E-state index contributed by atoms with van der Waals surface area (Å²) in [6, 6.07) is 7.32. The van der Waals surface area contributed by atoms with Crippen LogP contribution in [-0.2, 0) is 13.0 Å². The molecule has 2 rings (SSSR count). The number of hydrogen-bond acceptors (Lipinski definition) is 6. The zero-order valence-electron chi connectivity index (χ0n) is 10.1. The van der Waals surface area contributed by atoms with Gasteiger partial charge in [-0.3, -0.25) is 0 Å². The Hall–Kier alpha value is -1.21. The van der Waals surface area contributed by atoms with Crippen LogP contribution < -0.4 is 10.5 Å². The number of nitrogens with zero attached hydrogens (tertiary/aromatic N) is 2. The SMILES string of the molecule is NC(CO)Cc1ccc(OCc2nnsc2Cl)cc1. The van der Waals surface area contributed by atoms with Gasteiger partial charge in [0.2, 0.25) is 0 Å². The van der Waals surface area contributed by atoms with Crippen LogP contribution >= 0.6 is 23.1 Å². The standard InChI is InChI=1S/C12H14ClN3O2S/c13-12-11(15-16-19-12)7-18-10-3-1-8(2-4-10)5-9(14)6-17/h1-4,9,17H,5-7,14H2. The first-order valence-corrected chi connectivity index (χ1v) is 6.89. The van der Waals surface area contributed by atoms with Gasteiger partial charge in [-0.1, -0.05) is 28.2 Å². The van der Waals surface area contributed by atoms with Crippen LogP contribution in [0.3, 0.4) is 0 Å². The number of benzene rings is 1. The van der Waals surface area contributed by atoms with E-state index in [0.29, 0.717) is 23.1 Å². The summed E-state index contributed by atoms with van der Waals surface area (Å²) in [5.41, 5.74) is 7.37. The van der Waals surface area contributed by atoms with E-state index in [2.05, 4.69) is 9.59 Å². The van der Waals surface area contributed by atoms with Gasteiger partial charge in [0.05, 0.1) is 6.61 Å². The van der Waals surface area contributed by atoms with Crippen molar-refractivity contribution in [2.24, 2.45) is 5.73 Å². The van der Waals surface area contributed by atoms with Gasteiger partial charge in [-0.2, -0.15) is 0 Å². The number of hydrogen-bond donors (Lipinski definition) is 2. The first-order valence-electron chi connectivity index (χ1n) is 5.74. The van der Waals surface area contributed by atoms with Gasteiger partial charge in [-0.05, 0) is 24.1 Å². The van der Waals surface area contributed by atoms with E-state index in [1.54, 1.807) is 0 Å². The molecule has 3 N–H and O–H groups in total. The van der Waals surface area contributed by atoms with Crippen LogP contribution in [0.25, 0.3) is 0 Å². The fraction of sp³-hybridized carbons (Fsp3) is 0.333. The fourth-order valence-corrected chi connectivity index (χ4v) is 2.13. The summed E-state index contributed by atoms with van der Waals surface area (Å²) in [6.07, 6.45) is 0.638. The Labute approximate surface area is 120 Å². The predicted molar refractivity (Wildman–Crippen MR) is 74.5 cm³/mol. The van der Waals surface area contributed by atoms with E-state index < -0.39 is 0 Å². The second-order valence-electron chi connectivity index (χ2n) is 4.07. The summed E-state index contributed by atoms with van der Waals surface area (Å²) in [5, 5.41) is 12.8. The van der Waals surface area contributed by atoms with Gasteiger partial charge in [0.1, 0.15) is 22.4 Å². The maximum absolute atomic E-state index is 8.89. The minimum absolute atomic E-state index is 0.0203. The van der Waals surface area contributed by atoms with Gasteiger partial charge < -0.3 is 15.6 Å². The molecular weight excluding hydrogens is 286 g/mol. The maximum atomic E-state index is 8.89. The van der Waals surface area contributed by atoms with E-state index >= 15 is 0 Å². The second-order valence-corrected chi connectivity index (χ2v) is 5.43. The maximum Gasteiger partial charge on any atom is 0.141 e. The summed E-state index contributed by atoms with van der Waals surface area (Å²) in [6.45, 7) is 0.276. The molecule has 0 radical (unpaired) electrons. The fourth-order valence-electron chi connectivity index (χ4n) is 1.52. The Morgan fingerprint density at radius 1 is 1.37 bits per heavy atom. The summed E-state index contributed by atoms with van der Waals surface area (Å²) in [5.74, 6) is 0.727. The van der Waals surface area contributed by atoms with E-state index in [-0.39, 0.29) is 12.6 Å². The summed E-state index contributed by atoms with van der Waals surface area (Å²) < 4.78 is 9.84. The zero-order chi connectivity index (χ0) is 13.7. The van der Waals surface area contributed by atoms with Crippen LogP contribution in [0.5, 0.6) is 5.75 Å². The smallest absolute Gasteiger partial charge is 0.141 e. The first kappa shape index (κ1) is 14.2. The van der Waals surface area contributed by atoms with Gasteiger partial charge in [-0.25, -0.2) is 0 Å². The average molecular weight is 300 g/mol. The molecule has 1 heterocycles. The van der Waals surface area contributed by atoms with E-state index in [9.17, 15) is 0 Å². The largest absolute Gasteiger partial charge is 0.487 e. The quantitative estimate of drug-likeness (QED) is 0.847. The van der Waals surface area contributed by atoms with Crippen LogP contribution in [-0.4, -0.2) is 27.3 Å². The molecule has 0 spiro atoms. The molecule has 0 saturated carbocycles. The van der Waals surface area contributed by atoms with Crippen molar-refractivity contribution in [1.29, 1.82) is 0 Å². The lowest BCUT2D eigenvalue weighted by Gasteiger charge is -2.09. The van der Waals surface area contributed by atoms with E-state index in [0.717, 1.165) is 22.8 Å². The van der Waals surface area contributed by atoms with Crippen molar-refractivity contribution in [3.8, 4) is 5.75 Å². The van der Waals surface area contributed by atoms with Crippen molar-refractivity contribution >= 4 is 23.1 Å². The molecule has 19 heavy (non-hydrogen) atoms. The molecule has 0 saturated heterocycles. The van der Waals surface area contributed by atoms with Crippen LogP contribution in [0.15, 0.2) is 24.3 Å². The number of halogens is 1. The van der Waals surface area contributed by atoms with Crippen molar-refractivity contribution in [3.05, 3.63) is 39.9 Å². The van der Waals surface area contributed by atoms with Gasteiger partial charge >= 0.3 is 0 Å². The minimum atomic E-state index is -0.230. The molecule has 1 atom stereocenters. The van der Waals surface area contributed by atoms with E-state index in [1.165, 1.54) is 0 Å². The third-order valence-corrected chi connectivity index (χ3v) is 3.53. The van der Waals surface area contributed by atoms with Gasteiger partial charge in [0.25, 0.3) is 0 Å². The normalized spacial score (nSPS) is 12.4. The molecule has 1 unspecified atom stereocenters.